The lowest BCUT2D eigenvalue weighted by Crippen LogP contribution is -1.99. The zero-order chi connectivity index (χ0) is 8.27. The van der Waals surface area contributed by atoms with Crippen LogP contribution in [0, 0.1) is 0 Å². The van der Waals surface area contributed by atoms with Crippen molar-refractivity contribution < 1.29 is 0 Å². The van der Waals surface area contributed by atoms with E-state index in [1.54, 1.807) is 0 Å². The number of aryl methyl sites for hydroxylation is 2. The molecule has 0 radical (unpaired) electrons. The Morgan fingerprint density at radius 1 is 1.55 bits per heavy atom. The van der Waals surface area contributed by atoms with Gasteiger partial charge in [0.25, 0.3) is 0 Å². The predicted octanol–water partition coefficient (Wildman–Crippen LogP) is 2.51. The molecule has 0 spiro atoms. The van der Waals surface area contributed by atoms with E-state index in [-0.39, 0.29) is 0 Å². The van der Waals surface area contributed by atoms with E-state index < -0.39 is 0 Å². The molecule has 62 valence electrons. The van der Waals surface area contributed by atoms with Gasteiger partial charge in [-0.3, -0.25) is 4.68 Å². The van der Waals surface area contributed by atoms with Gasteiger partial charge in [-0.25, -0.2) is 0 Å². The average molecular weight is 173 g/mol. The van der Waals surface area contributed by atoms with Gasteiger partial charge in [0.2, 0.25) is 0 Å². The highest BCUT2D eigenvalue weighted by Crippen LogP contribution is 2.11. The summed E-state index contributed by atoms with van der Waals surface area (Å²) in [6.07, 6.45) is 2.03. The number of rotatable bonds is 3. The average Bonchev–Trinajstić information content (AvgIpc) is 2.33. The first kappa shape index (κ1) is 8.60. The molecule has 1 aromatic heterocycles. The van der Waals surface area contributed by atoms with Gasteiger partial charge in [0.1, 0.15) is 5.15 Å². The van der Waals surface area contributed by atoms with E-state index in [9.17, 15) is 0 Å². The molecule has 1 heterocycles. The quantitative estimate of drug-likeness (QED) is 0.685. The van der Waals surface area contributed by atoms with Crippen molar-refractivity contribution in [2.45, 2.75) is 33.2 Å². The standard InChI is InChI=1S/C8H13ClN2/c1-3-5-11-8(9)6-7(4-2)10-11/h6H,3-5H2,1-2H3. The fraction of sp³-hybridized carbons (Fsp3) is 0.625. The van der Waals surface area contributed by atoms with Gasteiger partial charge in [-0.05, 0) is 18.9 Å². The molecule has 0 saturated carbocycles. The lowest BCUT2D eigenvalue weighted by molar-refractivity contribution is 0.596. The normalized spacial score (nSPS) is 10.5. The Kier molecular flexibility index (Phi) is 2.94. The van der Waals surface area contributed by atoms with Crippen molar-refractivity contribution in [3.63, 3.8) is 0 Å². The molecule has 0 saturated heterocycles. The molecular formula is C8H13ClN2. The number of nitrogens with zero attached hydrogens (tertiary/aromatic N) is 2. The van der Waals surface area contributed by atoms with Gasteiger partial charge in [-0.1, -0.05) is 25.4 Å². The molecule has 0 aliphatic heterocycles. The lowest BCUT2D eigenvalue weighted by atomic mass is 10.3. The third kappa shape index (κ3) is 1.96. The first-order valence-electron chi connectivity index (χ1n) is 4.00. The first-order chi connectivity index (χ1) is 5.27. The fourth-order valence-electron chi connectivity index (χ4n) is 0.985. The molecule has 0 bridgehead atoms. The molecule has 1 rings (SSSR count). The molecule has 11 heavy (non-hydrogen) atoms. The molecule has 0 aromatic carbocycles. The smallest absolute Gasteiger partial charge is 0.127 e. The Labute approximate surface area is 72.2 Å². The summed E-state index contributed by atoms with van der Waals surface area (Å²) in [5.41, 5.74) is 1.07. The van der Waals surface area contributed by atoms with Gasteiger partial charge >= 0.3 is 0 Å². The van der Waals surface area contributed by atoms with Gasteiger partial charge in [-0.15, -0.1) is 0 Å². The molecule has 0 aliphatic rings. The maximum Gasteiger partial charge on any atom is 0.127 e. The second-order valence-electron chi connectivity index (χ2n) is 2.54. The van der Waals surface area contributed by atoms with Crippen LogP contribution in [0.15, 0.2) is 6.07 Å². The minimum atomic E-state index is 0.753. The van der Waals surface area contributed by atoms with Crippen LogP contribution in [0.2, 0.25) is 5.15 Å². The van der Waals surface area contributed by atoms with E-state index in [0.29, 0.717) is 0 Å². The monoisotopic (exact) mass is 172 g/mol. The molecule has 2 nitrogen and oxygen atoms in total. The summed E-state index contributed by atoms with van der Waals surface area (Å²) in [6.45, 7) is 5.11. The van der Waals surface area contributed by atoms with Crippen LogP contribution in [-0.4, -0.2) is 9.78 Å². The Balaban J connectivity index is 2.79. The van der Waals surface area contributed by atoms with Gasteiger partial charge in [-0.2, -0.15) is 5.10 Å². The highest BCUT2D eigenvalue weighted by Gasteiger charge is 2.01. The Morgan fingerprint density at radius 2 is 2.27 bits per heavy atom. The number of aromatic nitrogens is 2. The summed E-state index contributed by atoms with van der Waals surface area (Å²) in [5.74, 6) is 0. The van der Waals surface area contributed by atoms with E-state index in [4.69, 9.17) is 11.6 Å². The van der Waals surface area contributed by atoms with Crippen LogP contribution < -0.4 is 0 Å². The lowest BCUT2D eigenvalue weighted by Gasteiger charge is -1.97. The number of hydrogen-bond donors (Lipinski definition) is 0. The van der Waals surface area contributed by atoms with Crippen LogP contribution in [0.3, 0.4) is 0 Å². The SMILES string of the molecule is CCCn1nc(CC)cc1Cl. The largest absolute Gasteiger partial charge is 0.254 e. The Morgan fingerprint density at radius 3 is 2.73 bits per heavy atom. The molecule has 0 amide bonds. The third-order valence-electron chi connectivity index (χ3n) is 1.58. The van der Waals surface area contributed by atoms with Crippen LogP contribution >= 0.6 is 11.6 Å². The van der Waals surface area contributed by atoms with Crippen molar-refractivity contribution in [2.75, 3.05) is 0 Å². The van der Waals surface area contributed by atoms with E-state index in [0.717, 1.165) is 30.2 Å². The summed E-state index contributed by atoms with van der Waals surface area (Å²) in [6, 6.07) is 1.93. The zero-order valence-corrected chi connectivity index (χ0v) is 7.73. The van der Waals surface area contributed by atoms with E-state index in [1.807, 2.05) is 10.7 Å². The minimum Gasteiger partial charge on any atom is -0.254 e. The molecule has 0 N–H and O–H groups in total. The second kappa shape index (κ2) is 3.77. The van der Waals surface area contributed by atoms with Crippen LogP contribution in [0.1, 0.15) is 26.0 Å². The summed E-state index contributed by atoms with van der Waals surface area (Å²) in [4.78, 5) is 0. The first-order valence-corrected chi connectivity index (χ1v) is 4.38. The van der Waals surface area contributed by atoms with Gasteiger partial charge in [0.05, 0.1) is 5.69 Å². The topological polar surface area (TPSA) is 17.8 Å². The molecule has 1 aromatic rings. The third-order valence-corrected chi connectivity index (χ3v) is 1.88. The minimum absolute atomic E-state index is 0.753. The second-order valence-corrected chi connectivity index (χ2v) is 2.92. The molecule has 0 unspecified atom stereocenters. The highest BCUT2D eigenvalue weighted by atomic mass is 35.5. The van der Waals surface area contributed by atoms with Crippen LogP contribution in [-0.2, 0) is 13.0 Å². The summed E-state index contributed by atoms with van der Waals surface area (Å²) in [5, 5.41) is 5.06. The number of hydrogen-bond acceptors (Lipinski definition) is 1. The van der Waals surface area contributed by atoms with Crippen molar-refractivity contribution in [3.8, 4) is 0 Å². The van der Waals surface area contributed by atoms with E-state index >= 15 is 0 Å². The summed E-state index contributed by atoms with van der Waals surface area (Å²) in [7, 11) is 0. The van der Waals surface area contributed by atoms with Gasteiger partial charge < -0.3 is 0 Å². The molecule has 0 atom stereocenters. The van der Waals surface area contributed by atoms with Crippen LogP contribution in [0.25, 0.3) is 0 Å². The van der Waals surface area contributed by atoms with Crippen LogP contribution in [0.5, 0.6) is 0 Å². The van der Waals surface area contributed by atoms with Gasteiger partial charge in [0, 0.05) is 6.54 Å². The Hall–Kier alpha value is -0.500. The van der Waals surface area contributed by atoms with E-state index in [2.05, 4.69) is 18.9 Å². The summed E-state index contributed by atoms with van der Waals surface area (Å²) >= 11 is 5.90. The Bertz CT molecular complexity index is 230. The number of halogens is 1. The fourth-order valence-corrected chi connectivity index (χ4v) is 1.23. The molecule has 0 fully saturated rings. The van der Waals surface area contributed by atoms with Crippen molar-refractivity contribution in [2.24, 2.45) is 0 Å². The van der Waals surface area contributed by atoms with Crippen LogP contribution in [0.4, 0.5) is 0 Å². The molecule has 0 aliphatic carbocycles. The van der Waals surface area contributed by atoms with Crippen molar-refractivity contribution in [1.29, 1.82) is 0 Å². The molecule has 3 heteroatoms. The zero-order valence-electron chi connectivity index (χ0n) is 6.97. The predicted molar refractivity (Wildman–Crippen MR) is 46.9 cm³/mol. The van der Waals surface area contributed by atoms with Gasteiger partial charge in [0.15, 0.2) is 0 Å². The summed E-state index contributed by atoms with van der Waals surface area (Å²) < 4.78 is 1.85. The van der Waals surface area contributed by atoms with Crippen molar-refractivity contribution in [1.82, 2.24) is 9.78 Å². The van der Waals surface area contributed by atoms with Crippen molar-refractivity contribution >= 4 is 11.6 Å². The maximum atomic E-state index is 5.90. The highest BCUT2D eigenvalue weighted by molar-refractivity contribution is 6.29. The molecular weight excluding hydrogens is 160 g/mol. The van der Waals surface area contributed by atoms with E-state index in [1.165, 1.54) is 0 Å². The van der Waals surface area contributed by atoms with Crippen molar-refractivity contribution in [3.05, 3.63) is 16.9 Å². The maximum absolute atomic E-state index is 5.90.